The van der Waals surface area contributed by atoms with Crippen molar-refractivity contribution in [3.63, 3.8) is 0 Å². The maximum atomic E-state index is 12.7. The molecule has 0 radical (unpaired) electrons. The molecule has 1 unspecified atom stereocenters. The summed E-state index contributed by atoms with van der Waals surface area (Å²) in [5, 5.41) is 0.158. The van der Waals surface area contributed by atoms with Crippen LogP contribution in [0.15, 0.2) is 66.1 Å². The predicted octanol–water partition coefficient (Wildman–Crippen LogP) is 4.38. The monoisotopic (exact) mass is 451 g/mol. The zero-order chi connectivity index (χ0) is 22.6. The molecule has 2 heterocycles. The first-order valence-corrected chi connectivity index (χ1v) is 13.2. The first-order valence-electron chi connectivity index (χ1n) is 11.6. The molecule has 1 aromatic heterocycles. The van der Waals surface area contributed by atoms with Crippen LogP contribution in [-0.2, 0) is 36.1 Å². The molecule has 3 aromatic rings. The highest BCUT2D eigenvalue weighted by atomic mass is 32.2. The fourth-order valence-corrected chi connectivity index (χ4v) is 5.95. The van der Waals surface area contributed by atoms with Crippen molar-refractivity contribution < 1.29 is 8.42 Å². The van der Waals surface area contributed by atoms with E-state index in [2.05, 4.69) is 65.3 Å². The normalized spacial score (nSPS) is 17.1. The van der Waals surface area contributed by atoms with Gasteiger partial charge in [0.05, 0.1) is 12.1 Å². The largest absolute Gasteiger partial charge is 0.339 e. The second-order valence-corrected chi connectivity index (χ2v) is 10.9. The number of benzene rings is 2. The first kappa shape index (κ1) is 22.7. The van der Waals surface area contributed by atoms with Gasteiger partial charge in [-0.3, -0.25) is 4.90 Å². The van der Waals surface area contributed by atoms with Gasteiger partial charge in [-0.05, 0) is 67.4 Å². The van der Waals surface area contributed by atoms with Gasteiger partial charge in [0.25, 0.3) is 0 Å². The van der Waals surface area contributed by atoms with E-state index >= 15 is 0 Å². The Morgan fingerprint density at radius 3 is 2.62 bits per heavy atom. The second kappa shape index (κ2) is 10.0. The van der Waals surface area contributed by atoms with Crippen molar-refractivity contribution in [1.29, 1.82) is 0 Å². The molecule has 2 aromatic carbocycles. The highest BCUT2D eigenvalue weighted by Crippen LogP contribution is 2.33. The van der Waals surface area contributed by atoms with Crippen LogP contribution < -0.4 is 0 Å². The molecule has 1 aliphatic rings. The maximum Gasteiger partial charge on any atom is 0.197 e. The summed E-state index contributed by atoms with van der Waals surface area (Å²) in [6, 6.07) is 17.6. The van der Waals surface area contributed by atoms with Crippen LogP contribution in [0.1, 0.15) is 48.1 Å². The fourth-order valence-electron chi connectivity index (χ4n) is 4.70. The van der Waals surface area contributed by atoms with Crippen molar-refractivity contribution in [3.05, 3.63) is 83.3 Å². The molecule has 0 fully saturated rings. The maximum absolute atomic E-state index is 12.7. The highest BCUT2D eigenvalue weighted by Gasteiger charge is 2.26. The number of aromatic nitrogens is 2. The number of hydrogen-bond acceptors (Lipinski definition) is 4. The first-order chi connectivity index (χ1) is 15.5. The molecule has 6 heteroatoms. The molecule has 0 saturated heterocycles. The van der Waals surface area contributed by atoms with Crippen LogP contribution in [0.25, 0.3) is 0 Å². The minimum absolute atomic E-state index is 0.0742. The molecule has 0 amide bonds. The number of nitrogens with zero attached hydrogens (tertiary/aromatic N) is 3. The van der Waals surface area contributed by atoms with Gasteiger partial charge >= 0.3 is 0 Å². The van der Waals surface area contributed by atoms with Gasteiger partial charge in [-0.2, -0.15) is 0 Å². The Labute approximate surface area is 192 Å². The molecule has 0 spiro atoms. The van der Waals surface area contributed by atoms with Gasteiger partial charge in [-0.15, -0.1) is 0 Å². The smallest absolute Gasteiger partial charge is 0.197 e. The molecule has 5 nitrogen and oxygen atoms in total. The third-order valence-corrected chi connectivity index (χ3v) is 7.93. The number of fused-ring (bicyclic) bond motifs is 1. The Morgan fingerprint density at radius 2 is 1.91 bits per heavy atom. The summed E-state index contributed by atoms with van der Waals surface area (Å²) in [5.41, 5.74) is 5.20. The van der Waals surface area contributed by atoms with Gasteiger partial charge in [0, 0.05) is 19.3 Å². The topological polar surface area (TPSA) is 55.2 Å². The Morgan fingerprint density at radius 1 is 1.09 bits per heavy atom. The third kappa shape index (κ3) is 5.30. The van der Waals surface area contributed by atoms with Gasteiger partial charge in [-0.1, -0.05) is 55.5 Å². The summed E-state index contributed by atoms with van der Waals surface area (Å²) < 4.78 is 27.1. The van der Waals surface area contributed by atoms with Crippen molar-refractivity contribution in [2.75, 3.05) is 18.8 Å². The molecule has 1 atom stereocenters. The molecule has 170 valence electrons. The lowest BCUT2D eigenvalue weighted by Crippen LogP contribution is -2.31. The average Bonchev–Trinajstić information content (AvgIpc) is 3.17. The fraction of sp³-hybridized carbons (Fsp3) is 0.423. The van der Waals surface area contributed by atoms with Crippen LogP contribution >= 0.6 is 0 Å². The second-order valence-electron chi connectivity index (χ2n) is 8.82. The van der Waals surface area contributed by atoms with E-state index in [-0.39, 0.29) is 10.8 Å². The van der Waals surface area contributed by atoms with Gasteiger partial charge in [0.2, 0.25) is 0 Å². The molecule has 0 saturated carbocycles. The average molecular weight is 452 g/mol. The van der Waals surface area contributed by atoms with E-state index in [9.17, 15) is 8.42 Å². The number of aryl methyl sites for hydroxylation is 3. The van der Waals surface area contributed by atoms with E-state index in [1.54, 1.807) is 17.8 Å². The number of rotatable bonds is 8. The Hall–Kier alpha value is -2.44. The summed E-state index contributed by atoms with van der Waals surface area (Å²) >= 11 is 0. The SMILES string of the molecule is CCCN1CCCc2ccc(CCS(=O)(=O)c3cn(C)cn3)cc2C1Cc1ccccc1. The standard InChI is InChI=1S/C26H33N3O2S/c1-3-14-29-15-7-10-23-12-11-22(13-16-32(30,31)26-19-28(2)20-27-26)17-24(23)25(29)18-21-8-5-4-6-9-21/h4-6,8-9,11-12,17,19-20,25H,3,7,10,13-16,18H2,1-2H3. The van der Waals surface area contributed by atoms with Crippen molar-refractivity contribution in [3.8, 4) is 0 Å². The zero-order valence-electron chi connectivity index (χ0n) is 19.1. The van der Waals surface area contributed by atoms with E-state index in [1.807, 2.05) is 0 Å². The molecule has 0 bridgehead atoms. The Bertz CT molecular complexity index is 1140. The van der Waals surface area contributed by atoms with Crippen LogP contribution in [0.5, 0.6) is 0 Å². The van der Waals surface area contributed by atoms with E-state index in [4.69, 9.17) is 0 Å². The van der Waals surface area contributed by atoms with E-state index < -0.39 is 9.84 Å². The van der Waals surface area contributed by atoms with Gasteiger partial charge < -0.3 is 4.57 Å². The summed E-state index contributed by atoms with van der Waals surface area (Å²) in [5.74, 6) is 0.0742. The van der Waals surface area contributed by atoms with Crippen molar-refractivity contribution in [2.24, 2.45) is 7.05 Å². The number of hydrogen-bond donors (Lipinski definition) is 0. The lowest BCUT2D eigenvalue weighted by molar-refractivity contribution is 0.200. The van der Waals surface area contributed by atoms with Crippen molar-refractivity contribution in [1.82, 2.24) is 14.5 Å². The van der Waals surface area contributed by atoms with Crippen LogP contribution in [0, 0.1) is 0 Å². The Kier molecular flexibility index (Phi) is 7.11. The highest BCUT2D eigenvalue weighted by molar-refractivity contribution is 7.91. The molecular formula is C26H33N3O2S. The summed E-state index contributed by atoms with van der Waals surface area (Å²) in [6.07, 6.45) is 7.94. The van der Waals surface area contributed by atoms with E-state index in [1.165, 1.54) is 23.0 Å². The Balaban J connectivity index is 1.60. The summed E-state index contributed by atoms with van der Waals surface area (Å²) in [6.45, 7) is 4.42. The molecule has 32 heavy (non-hydrogen) atoms. The zero-order valence-corrected chi connectivity index (χ0v) is 19.9. The number of sulfone groups is 1. The lowest BCUT2D eigenvalue weighted by atomic mass is 9.91. The van der Waals surface area contributed by atoms with Gasteiger partial charge in [0.1, 0.15) is 0 Å². The number of imidazole rings is 1. The quantitative estimate of drug-likeness (QED) is 0.510. The summed E-state index contributed by atoms with van der Waals surface area (Å²) in [4.78, 5) is 6.66. The van der Waals surface area contributed by atoms with Crippen LogP contribution in [0.3, 0.4) is 0 Å². The van der Waals surface area contributed by atoms with E-state index in [0.29, 0.717) is 12.5 Å². The molecular weight excluding hydrogens is 418 g/mol. The molecule has 0 N–H and O–H groups in total. The van der Waals surface area contributed by atoms with Crippen LogP contribution in [-0.4, -0.2) is 41.7 Å². The van der Waals surface area contributed by atoms with Gasteiger partial charge in [0.15, 0.2) is 14.9 Å². The van der Waals surface area contributed by atoms with Crippen molar-refractivity contribution >= 4 is 9.84 Å². The van der Waals surface area contributed by atoms with Crippen molar-refractivity contribution in [2.45, 2.75) is 50.1 Å². The molecule has 4 rings (SSSR count). The minimum atomic E-state index is -3.39. The lowest BCUT2D eigenvalue weighted by Gasteiger charge is -2.31. The van der Waals surface area contributed by atoms with Crippen LogP contribution in [0.2, 0.25) is 0 Å². The predicted molar refractivity (Wildman–Crippen MR) is 128 cm³/mol. The third-order valence-electron chi connectivity index (χ3n) is 6.34. The summed E-state index contributed by atoms with van der Waals surface area (Å²) in [7, 11) is -1.60. The van der Waals surface area contributed by atoms with Gasteiger partial charge in [-0.25, -0.2) is 13.4 Å². The molecule has 1 aliphatic heterocycles. The van der Waals surface area contributed by atoms with E-state index in [0.717, 1.165) is 44.3 Å². The minimum Gasteiger partial charge on any atom is -0.339 e. The van der Waals surface area contributed by atoms with Crippen LogP contribution in [0.4, 0.5) is 0 Å². The molecule has 0 aliphatic carbocycles.